The molecule has 1 aromatic rings. The standard InChI is InChI=1S/C13H20O2/c1-3-4-10-14-12(2)11-15-13-8-6-5-7-9-13/h5-9,12H,3-4,10-11H2,1-2H3. The average molecular weight is 208 g/mol. The van der Waals surface area contributed by atoms with Crippen molar-refractivity contribution in [3.8, 4) is 5.75 Å². The molecule has 0 spiro atoms. The van der Waals surface area contributed by atoms with E-state index in [0.717, 1.165) is 18.8 Å². The summed E-state index contributed by atoms with van der Waals surface area (Å²) >= 11 is 0. The molecule has 0 amide bonds. The van der Waals surface area contributed by atoms with Crippen molar-refractivity contribution in [1.29, 1.82) is 0 Å². The Labute approximate surface area is 92.2 Å². The second kappa shape index (κ2) is 7.30. The zero-order valence-electron chi connectivity index (χ0n) is 9.61. The van der Waals surface area contributed by atoms with E-state index in [1.54, 1.807) is 0 Å². The first kappa shape index (κ1) is 12.1. The molecule has 0 saturated heterocycles. The van der Waals surface area contributed by atoms with Crippen LogP contribution in [0, 0.1) is 0 Å². The van der Waals surface area contributed by atoms with E-state index in [0.29, 0.717) is 6.61 Å². The van der Waals surface area contributed by atoms with Crippen molar-refractivity contribution in [2.24, 2.45) is 0 Å². The normalized spacial score (nSPS) is 12.4. The summed E-state index contributed by atoms with van der Waals surface area (Å²) < 4.78 is 11.2. The quantitative estimate of drug-likeness (QED) is 0.640. The summed E-state index contributed by atoms with van der Waals surface area (Å²) in [6, 6.07) is 9.83. The van der Waals surface area contributed by atoms with Crippen molar-refractivity contribution in [3.63, 3.8) is 0 Å². The van der Waals surface area contributed by atoms with Crippen molar-refractivity contribution >= 4 is 0 Å². The Hall–Kier alpha value is -1.02. The lowest BCUT2D eigenvalue weighted by Crippen LogP contribution is -2.18. The molecule has 2 nitrogen and oxygen atoms in total. The lowest BCUT2D eigenvalue weighted by Gasteiger charge is -2.13. The van der Waals surface area contributed by atoms with Gasteiger partial charge in [-0.05, 0) is 25.5 Å². The van der Waals surface area contributed by atoms with Crippen LogP contribution in [0.4, 0.5) is 0 Å². The first-order valence-electron chi connectivity index (χ1n) is 5.62. The van der Waals surface area contributed by atoms with E-state index in [-0.39, 0.29) is 6.10 Å². The predicted molar refractivity (Wildman–Crippen MR) is 62.3 cm³/mol. The van der Waals surface area contributed by atoms with Crippen LogP contribution in [0.5, 0.6) is 5.75 Å². The molecule has 0 aromatic heterocycles. The van der Waals surface area contributed by atoms with Crippen molar-refractivity contribution in [1.82, 2.24) is 0 Å². The fourth-order valence-electron chi connectivity index (χ4n) is 1.21. The Balaban J connectivity index is 2.14. The molecule has 0 bridgehead atoms. The maximum absolute atomic E-state index is 5.58. The predicted octanol–water partition coefficient (Wildman–Crippen LogP) is 3.27. The molecule has 1 unspecified atom stereocenters. The second-order valence-corrected chi connectivity index (χ2v) is 3.66. The maximum Gasteiger partial charge on any atom is 0.119 e. The molecule has 0 heterocycles. The Morgan fingerprint density at radius 1 is 1.20 bits per heavy atom. The van der Waals surface area contributed by atoms with Gasteiger partial charge in [0.1, 0.15) is 12.4 Å². The van der Waals surface area contributed by atoms with E-state index < -0.39 is 0 Å². The van der Waals surface area contributed by atoms with Gasteiger partial charge in [0, 0.05) is 6.61 Å². The van der Waals surface area contributed by atoms with Gasteiger partial charge in [-0.3, -0.25) is 0 Å². The first-order valence-corrected chi connectivity index (χ1v) is 5.62. The highest BCUT2D eigenvalue weighted by Gasteiger charge is 2.02. The highest BCUT2D eigenvalue weighted by molar-refractivity contribution is 5.20. The van der Waals surface area contributed by atoms with Gasteiger partial charge in [-0.2, -0.15) is 0 Å². The third-order valence-corrected chi connectivity index (χ3v) is 2.13. The largest absolute Gasteiger partial charge is 0.491 e. The van der Waals surface area contributed by atoms with Crippen LogP contribution in [-0.4, -0.2) is 19.3 Å². The fourth-order valence-corrected chi connectivity index (χ4v) is 1.21. The minimum Gasteiger partial charge on any atom is -0.491 e. The number of rotatable bonds is 7. The smallest absolute Gasteiger partial charge is 0.119 e. The highest BCUT2D eigenvalue weighted by Crippen LogP contribution is 2.09. The number of ether oxygens (including phenoxy) is 2. The van der Waals surface area contributed by atoms with Crippen LogP contribution in [0.1, 0.15) is 26.7 Å². The van der Waals surface area contributed by atoms with Gasteiger partial charge in [0.05, 0.1) is 6.10 Å². The van der Waals surface area contributed by atoms with Crippen molar-refractivity contribution in [2.45, 2.75) is 32.8 Å². The molecule has 0 radical (unpaired) electrons. The fraction of sp³-hybridized carbons (Fsp3) is 0.538. The van der Waals surface area contributed by atoms with E-state index in [4.69, 9.17) is 9.47 Å². The number of unbranched alkanes of at least 4 members (excludes halogenated alkanes) is 1. The van der Waals surface area contributed by atoms with Crippen LogP contribution in [0.2, 0.25) is 0 Å². The molecule has 0 N–H and O–H groups in total. The third kappa shape index (κ3) is 5.43. The molecule has 0 saturated carbocycles. The summed E-state index contributed by atoms with van der Waals surface area (Å²) in [6.45, 7) is 5.65. The van der Waals surface area contributed by atoms with Gasteiger partial charge in [0.15, 0.2) is 0 Å². The van der Waals surface area contributed by atoms with Gasteiger partial charge in [0.25, 0.3) is 0 Å². The van der Waals surface area contributed by atoms with Crippen molar-refractivity contribution < 1.29 is 9.47 Å². The summed E-state index contributed by atoms with van der Waals surface area (Å²) in [5.41, 5.74) is 0. The summed E-state index contributed by atoms with van der Waals surface area (Å²) in [4.78, 5) is 0. The number of benzene rings is 1. The molecule has 1 rings (SSSR count). The molecule has 84 valence electrons. The zero-order valence-corrected chi connectivity index (χ0v) is 9.61. The second-order valence-electron chi connectivity index (χ2n) is 3.66. The van der Waals surface area contributed by atoms with Gasteiger partial charge in [0.2, 0.25) is 0 Å². The SMILES string of the molecule is CCCCOC(C)COc1ccccc1. The van der Waals surface area contributed by atoms with Gasteiger partial charge in [-0.25, -0.2) is 0 Å². The van der Waals surface area contributed by atoms with Gasteiger partial charge in [-0.1, -0.05) is 31.5 Å². The van der Waals surface area contributed by atoms with E-state index in [1.807, 2.05) is 37.3 Å². The molecular weight excluding hydrogens is 188 g/mol. The van der Waals surface area contributed by atoms with Crippen LogP contribution in [0.15, 0.2) is 30.3 Å². The third-order valence-electron chi connectivity index (χ3n) is 2.13. The molecular formula is C13H20O2. The van der Waals surface area contributed by atoms with E-state index in [9.17, 15) is 0 Å². The number of hydrogen-bond donors (Lipinski definition) is 0. The van der Waals surface area contributed by atoms with Crippen molar-refractivity contribution in [2.75, 3.05) is 13.2 Å². The average Bonchev–Trinajstić information content (AvgIpc) is 2.28. The molecule has 0 fully saturated rings. The molecule has 15 heavy (non-hydrogen) atoms. The maximum atomic E-state index is 5.58. The van der Waals surface area contributed by atoms with Gasteiger partial charge >= 0.3 is 0 Å². The highest BCUT2D eigenvalue weighted by atomic mass is 16.5. The van der Waals surface area contributed by atoms with E-state index in [2.05, 4.69) is 6.92 Å². The lowest BCUT2D eigenvalue weighted by molar-refractivity contribution is 0.0309. The van der Waals surface area contributed by atoms with Crippen LogP contribution >= 0.6 is 0 Å². The van der Waals surface area contributed by atoms with Gasteiger partial charge in [-0.15, -0.1) is 0 Å². The summed E-state index contributed by atoms with van der Waals surface area (Å²) in [6.07, 6.45) is 2.46. The van der Waals surface area contributed by atoms with E-state index >= 15 is 0 Å². The molecule has 0 aliphatic rings. The van der Waals surface area contributed by atoms with Crippen LogP contribution in [0.25, 0.3) is 0 Å². The Bertz CT molecular complexity index is 246. The van der Waals surface area contributed by atoms with E-state index in [1.165, 1.54) is 6.42 Å². The molecule has 2 heteroatoms. The van der Waals surface area contributed by atoms with Crippen molar-refractivity contribution in [3.05, 3.63) is 30.3 Å². The summed E-state index contributed by atoms with van der Waals surface area (Å²) in [5.74, 6) is 0.906. The molecule has 0 aliphatic carbocycles. The number of para-hydroxylation sites is 1. The zero-order chi connectivity index (χ0) is 10.9. The minimum absolute atomic E-state index is 0.164. The monoisotopic (exact) mass is 208 g/mol. The number of hydrogen-bond acceptors (Lipinski definition) is 2. The Kier molecular flexibility index (Phi) is 5.86. The first-order chi connectivity index (χ1) is 7.33. The minimum atomic E-state index is 0.164. The molecule has 1 aromatic carbocycles. The van der Waals surface area contributed by atoms with Crippen LogP contribution in [-0.2, 0) is 4.74 Å². The van der Waals surface area contributed by atoms with Crippen LogP contribution in [0.3, 0.4) is 0 Å². The van der Waals surface area contributed by atoms with Crippen LogP contribution < -0.4 is 4.74 Å². The van der Waals surface area contributed by atoms with Gasteiger partial charge < -0.3 is 9.47 Å². The topological polar surface area (TPSA) is 18.5 Å². The lowest BCUT2D eigenvalue weighted by atomic mass is 10.3. The summed E-state index contributed by atoms with van der Waals surface area (Å²) in [7, 11) is 0. The Morgan fingerprint density at radius 2 is 1.93 bits per heavy atom. The molecule has 1 atom stereocenters. The molecule has 0 aliphatic heterocycles. The Morgan fingerprint density at radius 3 is 2.60 bits per heavy atom. The summed E-state index contributed by atoms with van der Waals surface area (Å²) in [5, 5.41) is 0.